The van der Waals surface area contributed by atoms with Gasteiger partial charge in [-0.15, -0.1) is 0 Å². The molecule has 0 spiro atoms. The van der Waals surface area contributed by atoms with Gasteiger partial charge in [-0.25, -0.2) is 0 Å². The Morgan fingerprint density at radius 3 is 3.00 bits per heavy atom. The van der Waals surface area contributed by atoms with Crippen LogP contribution in [0.15, 0.2) is 0 Å². The Morgan fingerprint density at radius 1 is 1.43 bits per heavy atom. The molecule has 0 bridgehead atoms. The first-order chi connectivity index (χ1) is 6.86. The molecule has 1 heterocycles. The van der Waals surface area contributed by atoms with Crippen molar-refractivity contribution in [2.75, 3.05) is 39.3 Å². The van der Waals surface area contributed by atoms with Crippen LogP contribution in [-0.2, 0) is 4.74 Å². The molecule has 3 nitrogen and oxygen atoms in total. The fraction of sp³-hybridized carbons (Fsp3) is 1.00. The highest BCUT2D eigenvalue weighted by molar-refractivity contribution is 4.70. The van der Waals surface area contributed by atoms with Gasteiger partial charge in [-0.3, -0.25) is 4.90 Å². The molecule has 1 aliphatic rings. The molecule has 0 unspecified atom stereocenters. The average Bonchev–Trinajstić information content (AvgIpc) is 2.25. The van der Waals surface area contributed by atoms with Crippen molar-refractivity contribution in [1.82, 2.24) is 10.2 Å². The second-order valence-corrected chi connectivity index (χ2v) is 3.88. The normalized spacial score (nSPS) is 24.0. The van der Waals surface area contributed by atoms with Crippen LogP contribution in [0, 0.1) is 0 Å². The highest BCUT2D eigenvalue weighted by Crippen LogP contribution is 2.09. The fourth-order valence-corrected chi connectivity index (χ4v) is 1.87. The Bertz CT molecular complexity index is 141. The molecule has 1 aliphatic heterocycles. The van der Waals surface area contributed by atoms with E-state index in [1.807, 2.05) is 0 Å². The first kappa shape index (κ1) is 12.0. The van der Waals surface area contributed by atoms with Crippen molar-refractivity contribution in [3.8, 4) is 0 Å². The molecule has 1 atom stereocenters. The topological polar surface area (TPSA) is 24.5 Å². The number of nitrogens with one attached hydrogen (secondary N) is 1. The van der Waals surface area contributed by atoms with Crippen LogP contribution in [0.2, 0.25) is 0 Å². The molecular formula is C11H24N2O. The first-order valence-electron chi connectivity index (χ1n) is 5.91. The number of ether oxygens (including phenoxy) is 1. The lowest BCUT2D eigenvalue weighted by Crippen LogP contribution is -2.42. The predicted molar refractivity (Wildman–Crippen MR) is 59.6 cm³/mol. The lowest BCUT2D eigenvalue weighted by Gasteiger charge is -2.32. The Hall–Kier alpha value is -0.120. The van der Waals surface area contributed by atoms with Gasteiger partial charge in [0.25, 0.3) is 0 Å². The summed E-state index contributed by atoms with van der Waals surface area (Å²) in [7, 11) is 0. The quantitative estimate of drug-likeness (QED) is 0.650. The predicted octanol–water partition coefficient (Wildman–Crippen LogP) is 1.10. The molecule has 1 saturated heterocycles. The molecule has 14 heavy (non-hydrogen) atoms. The van der Waals surface area contributed by atoms with Gasteiger partial charge < -0.3 is 10.1 Å². The summed E-state index contributed by atoms with van der Waals surface area (Å²) >= 11 is 0. The summed E-state index contributed by atoms with van der Waals surface area (Å²) in [4.78, 5) is 2.47. The van der Waals surface area contributed by atoms with Crippen LogP contribution in [-0.4, -0.2) is 50.3 Å². The summed E-state index contributed by atoms with van der Waals surface area (Å²) in [5, 5.41) is 3.34. The molecule has 0 radical (unpaired) electrons. The Kier molecular flexibility index (Phi) is 6.15. The van der Waals surface area contributed by atoms with Crippen molar-refractivity contribution in [2.24, 2.45) is 0 Å². The molecular weight excluding hydrogens is 176 g/mol. The van der Waals surface area contributed by atoms with E-state index in [-0.39, 0.29) is 0 Å². The van der Waals surface area contributed by atoms with Crippen molar-refractivity contribution in [3.63, 3.8) is 0 Å². The summed E-state index contributed by atoms with van der Waals surface area (Å²) in [6.45, 7) is 10.9. The molecule has 0 aromatic rings. The van der Waals surface area contributed by atoms with Crippen LogP contribution in [0.5, 0.6) is 0 Å². The van der Waals surface area contributed by atoms with Crippen molar-refractivity contribution in [3.05, 3.63) is 0 Å². The van der Waals surface area contributed by atoms with Crippen molar-refractivity contribution < 1.29 is 4.74 Å². The number of morpholine rings is 1. The fourth-order valence-electron chi connectivity index (χ4n) is 1.87. The minimum atomic E-state index is 0.474. The standard InChI is InChI=1S/C11H24N2O/c1-3-12-7-5-6-11-10-13(4-2)8-9-14-11/h11-12H,3-10H2,1-2H3/t11-/m0/s1. The van der Waals surface area contributed by atoms with E-state index in [9.17, 15) is 0 Å². The molecule has 0 aromatic carbocycles. The highest BCUT2D eigenvalue weighted by atomic mass is 16.5. The molecule has 1 rings (SSSR count). The Balaban J connectivity index is 2.05. The van der Waals surface area contributed by atoms with Crippen LogP contribution in [0.1, 0.15) is 26.7 Å². The SMILES string of the molecule is CCNCCC[C@H]1CN(CC)CCO1. The summed E-state index contributed by atoms with van der Waals surface area (Å²) in [6, 6.07) is 0. The lowest BCUT2D eigenvalue weighted by atomic mass is 10.1. The number of hydrogen-bond donors (Lipinski definition) is 1. The maximum Gasteiger partial charge on any atom is 0.0703 e. The Labute approximate surface area is 87.8 Å². The van der Waals surface area contributed by atoms with Gasteiger partial charge in [0.05, 0.1) is 12.7 Å². The van der Waals surface area contributed by atoms with Gasteiger partial charge in [0.1, 0.15) is 0 Å². The van der Waals surface area contributed by atoms with Gasteiger partial charge in [0.2, 0.25) is 0 Å². The number of hydrogen-bond acceptors (Lipinski definition) is 3. The third-order valence-corrected chi connectivity index (χ3v) is 2.80. The van der Waals surface area contributed by atoms with Gasteiger partial charge in [0, 0.05) is 13.1 Å². The van der Waals surface area contributed by atoms with Crippen LogP contribution >= 0.6 is 0 Å². The summed E-state index contributed by atoms with van der Waals surface area (Å²) in [5.41, 5.74) is 0. The molecule has 1 fully saturated rings. The highest BCUT2D eigenvalue weighted by Gasteiger charge is 2.18. The van der Waals surface area contributed by atoms with E-state index >= 15 is 0 Å². The molecule has 0 aromatic heterocycles. The van der Waals surface area contributed by atoms with E-state index < -0.39 is 0 Å². The molecule has 1 N–H and O–H groups in total. The molecule has 84 valence electrons. The largest absolute Gasteiger partial charge is 0.376 e. The second-order valence-electron chi connectivity index (χ2n) is 3.88. The zero-order valence-electron chi connectivity index (χ0n) is 9.59. The molecule has 0 saturated carbocycles. The van der Waals surface area contributed by atoms with E-state index in [1.165, 1.54) is 12.8 Å². The van der Waals surface area contributed by atoms with Crippen LogP contribution in [0.4, 0.5) is 0 Å². The Morgan fingerprint density at radius 2 is 2.29 bits per heavy atom. The monoisotopic (exact) mass is 200 g/mol. The van der Waals surface area contributed by atoms with E-state index in [1.54, 1.807) is 0 Å². The van der Waals surface area contributed by atoms with Crippen LogP contribution in [0.25, 0.3) is 0 Å². The zero-order valence-corrected chi connectivity index (χ0v) is 9.59. The summed E-state index contributed by atoms with van der Waals surface area (Å²) in [5.74, 6) is 0. The van der Waals surface area contributed by atoms with E-state index in [0.717, 1.165) is 39.3 Å². The minimum absolute atomic E-state index is 0.474. The van der Waals surface area contributed by atoms with Gasteiger partial charge in [-0.05, 0) is 32.5 Å². The molecule has 0 aliphatic carbocycles. The summed E-state index contributed by atoms with van der Waals surface area (Å²) < 4.78 is 5.72. The third-order valence-electron chi connectivity index (χ3n) is 2.80. The average molecular weight is 200 g/mol. The van der Waals surface area contributed by atoms with Crippen molar-refractivity contribution in [2.45, 2.75) is 32.8 Å². The summed E-state index contributed by atoms with van der Waals surface area (Å²) in [6.07, 6.45) is 2.90. The zero-order chi connectivity index (χ0) is 10.2. The van der Waals surface area contributed by atoms with E-state index in [0.29, 0.717) is 6.10 Å². The van der Waals surface area contributed by atoms with Crippen LogP contribution < -0.4 is 5.32 Å². The number of rotatable bonds is 6. The van der Waals surface area contributed by atoms with Gasteiger partial charge in [-0.2, -0.15) is 0 Å². The molecule has 0 amide bonds. The lowest BCUT2D eigenvalue weighted by molar-refractivity contribution is -0.0308. The number of nitrogens with zero attached hydrogens (tertiary/aromatic N) is 1. The van der Waals surface area contributed by atoms with Crippen molar-refractivity contribution >= 4 is 0 Å². The minimum Gasteiger partial charge on any atom is -0.376 e. The number of likely N-dealkylation sites (N-methyl/N-ethyl adjacent to an activating group) is 1. The van der Waals surface area contributed by atoms with Gasteiger partial charge >= 0.3 is 0 Å². The second kappa shape index (κ2) is 7.21. The first-order valence-corrected chi connectivity index (χ1v) is 5.91. The van der Waals surface area contributed by atoms with E-state index in [4.69, 9.17) is 4.74 Å². The van der Waals surface area contributed by atoms with Crippen molar-refractivity contribution in [1.29, 1.82) is 0 Å². The van der Waals surface area contributed by atoms with Gasteiger partial charge in [-0.1, -0.05) is 13.8 Å². The maximum atomic E-state index is 5.72. The van der Waals surface area contributed by atoms with Gasteiger partial charge in [0.15, 0.2) is 0 Å². The van der Waals surface area contributed by atoms with E-state index in [2.05, 4.69) is 24.1 Å². The smallest absolute Gasteiger partial charge is 0.0703 e. The molecule has 3 heteroatoms. The maximum absolute atomic E-state index is 5.72. The third kappa shape index (κ3) is 4.40. The van der Waals surface area contributed by atoms with Crippen LogP contribution in [0.3, 0.4) is 0 Å².